The van der Waals surface area contributed by atoms with Gasteiger partial charge in [0, 0.05) is 12.5 Å². The molecule has 0 unspecified atom stereocenters. The highest BCUT2D eigenvalue weighted by Gasteiger charge is 2.46. The third-order valence-electron chi connectivity index (χ3n) is 6.62. The lowest BCUT2D eigenvalue weighted by molar-refractivity contribution is -0.173. The molecule has 0 saturated heterocycles. The van der Waals surface area contributed by atoms with E-state index in [2.05, 4.69) is 20.6 Å². The van der Waals surface area contributed by atoms with Crippen LogP contribution in [0, 0.1) is 32.5 Å². The molecule has 35 heavy (non-hydrogen) atoms. The summed E-state index contributed by atoms with van der Waals surface area (Å²) in [4.78, 5) is 0. The second-order valence-electron chi connectivity index (χ2n) is 9.17. The molecule has 1 aliphatic heterocycles. The second kappa shape index (κ2) is 8.37. The molecule has 2 atom stereocenters. The van der Waals surface area contributed by atoms with Crippen LogP contribution in [-0.2, 0) is 0 Å². The van der Waals surface area contributed by atoms with Crippen molar-refractivity contribution in [2.45, 2.75) is 52.4 Å². The van der Waals surface area contributed by atoms with Gasteiger partial charge in [-0.15, -0.1) is 0 Å². The summed E-state index contributed by atoms with van der Waals surface area (Å²) in [5.41, 5.74) is 6.10. The van der Waals surface area contributed by atoms with Crippen molar-refractivity contribution >= 4 is 18.0 Å². The first kappa shape index (κ1) is 23.3. The Morgan fingerprint density at radius 3 is 2.43 bits per heavy atom. The number of benzene rings is 2. The topological polar surface area (TPSA) is 63.5 Å². The number of anilines is 1. The maximum absolute atomic E-state index is 14.2. The van der Waals surface area contributed by atoms with Crippen LogP contribution in [0.3, 0.4) is 0 Å². The number of alkyl halides is 3. The van der Waals surface area contributed by atoms with Crippen molar-refractivity contribution in [2.24, 2.45) is 0 Å². The van der Waals surface area contributed by atoms with Crippen molar-refractivity contribution in [3.8, 4) is 17.2 Å². The van der Waals surface area contributed by atoms with Gasteiger partial charge in [-0.2, -0.15) is 23.4 Å². The molecular formula is C25H25F3N6S. The average Bonchev–Trinajstić information content (AvgIpc) is 3.37. The van der Waals surface area contributed by atoms with E-state index in [4.69, 9.17) is 12.2 Å². The number of hydrogen-bond donors (Lipinski definition) is 2. The Hall–Kier alpha value is -3.40. The highest BCUT2D eigenvalue weighted by molar-refractivity contribution is 7.71. The standard InChI is InChI=1S/C25H25F3N6S/c1-13-5-8-20(16(4)9-13)33-23(30-31-24(33)35)19-12-22-29-18(17-7-6-14(2)15(3)10-17)11-21(25(26,27)28)34(22)32-19/h5-10,12,18,21,29H,11H2,1-4H3,(H,31,35)/t18-,21-/m1/s1. The second-order valence-corrected chi connectivity index (χ2v) is 9.56. The summed E-state index contributed by atoms with van der Waals surface area (Å²) < 4.78 is 45.6. The van der Waals surface area contributed by atoms with E-state index in [1.54, 1.807) is 10.6 Å². The van der Waals surface area contributed by atoms with E-state index in [9.17, 15) is 13.2 Å². The highest BCUT2D eigenvalue weighted by atomic mass is 32.1. The summed E-state index contributed by atoms with van der Waals surface area (Å²) in [7, 11) is 0. The van der Waals surface area contributed by atoms with Crippen molar-refractivity contribution in [1.29, 1.82) is 0 Å². The van der Waals surface area contributed by atoms with E-state index in [1.807, 2.05) is 64.1 Å². The van der Waals surface area contributed by atoms with Gasteiger partial charge in [-0.05, 0) is 68.2 Å². The van der Waals surface area contributed by atoms with Crippen LogP contribution in [0.2, 0.25) is 0 Å². The van der Waals surface area contributed by atoms with Gasteiger partial charge in [0.25, 0.3) is 0 Å². The fourth-order valence-corrected chi connectivity index (χ4v) is 4.86. The highest BCUT2D eigenvalue weighted by Crippen LogP contribution is 2.44. The van der Waals surface area contributed by atoms with Gasteiger partial charge in [0.2, 0.25) is 0 Å². The zero-order valence-electron chi connectivity index (χ0n) is 19.7. The first-order valence-electron chi connectivity index (χ1n) is 11.3. The lowest BCUT2D eigenvalue weighted by Crippen LogP contribution is -2.35. The molecule has 0 spiro atoms. The molecule has 2 aromatic carbocycles. The molecule has 182 valence electrons. The fourth-order valence-electron chi connectivity index (χ4n) is 4.63. The summed E-state index contributed by atoms with van der Waals surface area (Å²) in [6, 6.07) is 11.0. The molecule has 6 nitrogen and oxygen atoms in total. The van der Waals surface area contributed by atoms with Gasteiger partial charge < -0.3 is 5.32 Å². The molecule has 2 N–H and O–H groups in total. The number of H-pyrrole nitrogens is 1. The van der Waals surface area contributed by atoms with E-state index in [0.717, 1.165) is 38.2 Å². The number of aromatic amines is 1. The zero-order valence-corrected chi connectivity index (χ0v) is 20.6. The number of hydrogen-bond acceptors (Lipinski definition) is 4. The molecule has 10 heteroatoms. The molecular weight excluding hydrogens is 473 g/mol. The van der Waals surface area contributed by atoms with Crippen molar-refractivity contribution in [3.63, 3.8) is 0 Å². The van der Waals surface area contributed by atoms with Gasteiger partial charge in [-0.3, -0.25) is 9.67 Å². The van der Waals surface area contributed by atoms with Crippen molar-refractivity contribution in [1.82, 2.24) is 24.5 Å². The van der Waals surface area contributed by atoms with E-state index in [1.165, 1.54) is 0 Å². The maximum Gasteiger partial charge on any atom is 0.410 e. The molecule has 0 bridgehead atoms. The Morgan fingerprint density at radius 1 is 0.971 bits per heavy atom. The van der Waals surface area contributed by atoms with Crippen LogP contribution in [0.25, 0.3) is 17.2 Å². The van der Waals surface area contributed by atoms with E-state index >= 15 is 0 Å². The summed E-state index contributed by atoms with van der Waals surface area (Å²) >= 11 is 5.46. The van der Waals surface area contributed by atoms with Crippen molar-refractivity contribution in [2.75, 3.05) is 5.32 Å². The normalized spacial score (nSPS) is 17.8. The molecule has 3 heterocycles. The van der Waals surface area contributed by atoms with Gasteiger partial charge in [0.05, 0.1) is 11.7 Å². The largest absolute Gasteiger partial charge is 0.410 e. The predicted octanol–water partition coefficient (Wildman–Crippen LogP) is 6.69. The third kappa shape index (κ3) is 4.16. The van der Waals surface area contributed by atoms with Crippen LogP contribution in [0.4, 0.5) is 19.0 Å². The van der Waals surface area contributed by atoms with Crippen molar-refractivity contribution in [3.05, 3.63) is 75.1 Å². The SMILES string of the molecule is Cc1ccc(-n2c(-c3cc4n(n3)[C@@H](C(F)(F)F)C[C@H](c3ccc(C)c(C)c3)N4)n[nH]c2=S)c(C)c1. The number of fused-ring (bicyclic) bond motifs is 1. The minimum absolute atomic E-state index is 0.163. The molecule has 0 amide bonds. The molecule has 1 aliphatic rings. The Balaban J connectivity index is 1.61. The summed E-state index contributed by atoms with van der Waals surface area (Å²) in [5.74, 6) is 0.646. The lowest BCUT2D eigenvalue weighted by atomic mass is 9.94. The van der Waals surface area contributed by atoms with E-state index < -0.39 is 18.3 Å². The lowest BCUT2D eigenvalue weighted by Gasteiger charge is -2.33. The van der Waals surface area contributed by atoms with Crippen LogP contribution >= 0.6 is 12.2 Å². The van der Waals surface area contributed by atoms with Crippen LogP contribution in [0.1, 0.15) is 46.3 Å². The number of aryl methyl sites for hydroxylation is 4. The number of nitrogens with one attached hydrogen (secondary N) is 2. The average molecular weight is 499 g/mol. The number of aromatic nitrogens is 5. The number of nitrogens with zero attached hydrogens (tertiary/aromatic N) is 4. The summed E-state index contributed by atoms with van der Waals surface area (Å²) in [5, 5.41) is 14.7. The Morgan fingerprint density at radius 2 is 1.74 bits per heavy atom. The molecule has 2 aromatic heterocycles. The van der Waals surface area contributed by atoms with E-state index in [-0.39, 0.29) is 12.2 Å². The minimum Gasteiger partial charge on any atom is -0.363 e. The van der Waals surface area contributed by atoms with Crippen molar-refractivity contribution < 1.29 is 13.2 Å². The quantitative estimate of drug-likeness (QED) is 0.309. The summed E-state index contributed by atoms with van der Waals surface area (Å²) in [6.45, 7) is 7.88. The Labute approximate surface area is 205 Å². The first-order valence-corrected chi connectivity index (χ1v) is 11.7. The van der Waals surface area contributed by atoms with Crippen LogP contribution in [-0.4, -0.2) is 30.7 Å². The van der Waals surface area contributed by atoms with Crippen LogP contribution < -0.4 is 5.32 Å². The zero-order chi connectivity index (χ0) is 25.1. The Bertz CT molecular complexity index is 1480. The van der Waals surface area contributed by atoms with Crippen LogP contribution in [0.5, 0.6) is 0 Å². The third-order valence-corrected chi connectivity index (χ3v) is 6.89. The van der Waals surface area contributed by atoms with E-state index in [0.29, 0.717) is 16.3 Å². The molecule has 0 aliphatic carbocycles. The van der Waals surface area contributed by atoms with Gasteiger partial charge in [-0.1, -0.05) is 35.9 Å². The van der Waals surface area contributed by atoms with Gasteiger partial charge in [-0.25, -0.2) is 4.68 Å². The predicted molar refractivity (Wildman–Crippen MR) is 131 cm³/mol. The maximum atomic E-state index is 14.2. The summed E-state index contributed by atoms with van der Waals surface area (Å²) in [6.07, 6.45) is -4.62. The first-order chi connectivity index (χ1) is 16.5. The minimum atomic E-state index is -4.46. The molecule has 0 radical (unpaired) electrons. The fraction of sp³-hybridized carbons (Fsp3) is 0.320. The number of halogens is 3. The van der Waals surface area contributed by atoms with Gasteiger partial charge >= 0.3 is 6.18 Å². The van der Waals surface area contributed by atoms with Gasteiger partial charge in [0.1, 0.15) is 11.5 Å². The number of rotatable bonds is 3. The molecule has 5 rings (SSSR count). The molecule has 0 fully saturated rings. The molecule has 0 saturated carbocycles. The van der Waals surface area contributed by atoms with Gasteiger partial charge in [0.15, 0.2) is 16.6 Å². The smallest absolute Gasteiger partial charge is 0.363 e. The monoisotopic (exact) mass is 498 g/mol. The van der Waals surface area contributed by atoms with Crippen LogP contribution in [0.15, 0.2) is 42.5 Å². The Kier molecular flexibility index (Phi) is 5.58. The molecule has 4 aromatic rings.